The SMILES string of the molecule is CCC1CCN(C(=O)[C@@H](N)CCCC2CCNCC2)CC1. The number of likely N-dealkylation sites (tertiary alicyclic amines) is 1. The Balaban J connectivity index is 1.63. The fraction of sp³-hybridized carbons (Fsp3) is 0.941. The summed E-state index contributed by atoms with van der Waals surface area (Å²) in [4.78, 5) is 14.4. The molecule has 0 bridgehead atoms. The number of carbonyl (C=O) groups excluding carboxylic acids is 1. The summed E-state index contributed by atoms with van der Waals surface area (Å²) >= 11 is 0. The molecule has 1 amide bonds. The third-order valence-electron chi connectivity index (χ3n) is 5.41. The van der Waals surface area contributed by atoms with Crippen molar-refractivity contribution in [2.24, 2.45) is 17.6 Å². The minimum Gasteiger partial charge on any atom is -0.341 e. The number of nitrogens with one attached hydrogen (secondary N) is 1. The van der Waals surface area contributed by atoms with Crippen molar-refractivity contribution in [3.8, 4) is 0 Å². The number of piperidine rings is 2. The van der Waals surface area contributed by atoms with Crippen molar-refractivity contribution in [2.45, 2.75) is 64.3 Å². The fourth-order valence-electron chi connectivity index (χ4n) is 3.72. The van der Waals surface area contributed by atoms with Crippen molar-refractivity contribution < 1.29 is 4.79 Å². The second-order valence-electron chi connectivity index (χ2n) is 6.91. The Morgan fingerprint density at radius 2 is 1.86 bits per heavy atom. The van der Waals surface area contributed by atoms with Crippen molar-refractivity contribution in [3.05, 3.63) is 0 Å². The maximum Gasteiger partial charge on any atom is 0.239 e. The molecule has 21 heavy (non-hydrogen) atoms. The monoisotopic (exact) mass is 295 g/mol. The van der Waals surface area contributed by atoms with Crippen LogP contribution in [0.1, 0.15) is 58.3 Å². The smallest absolute Gasteiger partial charge is 0.239 e. The van der Waals surface area contributed by atoms with Gasteiger partial charge in [-0.15, -0.1) is 0 Å². The molecule has 2 rings (SSSR count). The summed E-state index contributed by atoms with van der Waals surface area (Å²) < 4.78 is 0. The molecule has 0 aliphatic carbocycles. The lowest BCUT2D eigenvalue weighted by molar-refractivity contribution is -0.134. The molecule has 2 aliphatic heterocycles. The average Bonchev–Trinajstić information content (AvgIpc) is 2.55. The molecule has 0 aromatic carbocycles. The highest BCUT2D eigenvalue weighted by atomic mass is 16.2. The summed E-state index contributed by atoms with van der Waals surface area (Å²) in [7, 11) is 0. The number of carbonyl (C=O) groups is 1. The van der Waals surface area contributed by atoms with Crippen LogP contribution in [0.5, 0.6) is 0 Å². The zero-order valence-corrected chi connectivity index (χ0v) is 13.7. The number of nitrogens with two attached hydrogens (primary N) is 1. The van der Waals surface area contributed by atoms with E-state index in [9.17, 15) is 4.79 Å². The molecular formula is C17H33N3O. The number of rotatable bonds is 6. The summed E-state index contributed by atoms with van der Waals surface area (Å²) in [6.45, 7) is 6.39. The zero-order valence-electron chi connectivity index (χ0n) is 13.7. The van der Waals surface area contributed by atoms with Crippen LogP contribution < -0.4 is 11.1 Å². The van der Waals surface area contributed by atoms with E-state index in [2.05, 4.69) is 12.2 Å². The second kappa shape index (κ2) is 8.74. The van der Waals surface area contributed by atoms with Crippen molar-refractivity contribution in [1.82, 2.24) is 10.2 Å². The van der Waals surface area contributed by atoms with Crippen LogP contribution in [0.4, 0.5) is 0 Å². The first-order valence-electron chi connectivity index (χ1n) is 8.95. The van der Waals surface area contributed by atoms with Crippen molar-refractivity contribution in [2.75, 3.05) is 26.2 Å². The lowest BCUT2D eigenvalue weighted by Gasteiger charge is -2.33. The molecule has 0 aromatic rings. The Hall–Kier alpha value is -0.610. The van der Waals surface area contributed by atoms with Gasteiger partial charge in [-0.25, -0.2) is 0 Å². The topological polar surface area (TPSA) is 58.4 Å². The van der Waals surface area contributed by atoms with Gasteiger partial charge in [0.1, 0.15) is 0 Å². The van der Waals surface area contributed by atoms with E-state index in [1.54, 1.807) is 0 Å². The number of amides is 1. The summed E-state index contributed by atoms with van der Waals surface area (Å²) in [6.07, 6.45) is 9.32. The Labute approximate surface area is 129 Å². The molecule has 0 aromatic heterocycles. The standard InChI is InChI=1S/C17H33N3O/c1-2-14-8-12-20(13-9-14)17(21)16(18)5-3-4-15-6-10-19-11-7-15/h14-16,19H,2-13,18H2,1H3/t16-/m0/s1. The van der Waals surface area contributed by atoms with Crippen LogP contribution in [0.25, 0.3) is 0 Å². The van der Waals surface area contributed by atoms with Gasteiger partial charge >= 0.3 is 0 Å². The summed E-state index contributed by atoms with van der Waals surface area (Å²) in [5, 5.41) is 3.40. The van der Waals surface area contributed by atoms with Gasteiger partial charge in [0.15, 0.2) is 0 Å². The quantitative estimate of drug-likeness (QED) is 0.789. The summed E-state index contributed by atoms with van der Waals surface area (Å²) in [5.74, 6) is 1.84. The molecular weight excluding hydrogens is 262 g/mol. The number of nitrogens with zero attached hydrogens (tertiary/aromatic N) is 1. The van der Waals surface area contributed by atoms with Gasteiger partial charge in [-0.3, -0.25) is 4.79 Å². The van der Waals surface area contributed by atoms with E-state index < -0.39 is 0 Å². The minimum atomic E-state index is -0.273. The molecule has 4 heteroatoms. The molecule has 2 aliphatic rings. The molecule has 2 fully saturated rings. The predicted molar refractivity (Wildman–Crippen MR) is 87.0 cm³/mol. The maximum atomic E-state index is 12.4. The minimum absolute atomic E-state index is 0.190. The Kier molecular flexibility index (Phi) is 6.97. The van der Waals surface area contributed by atoms with E-state index in [-0.39, 0.29) is 11.9 Å². The van der Waals surface area contributed by atoms with E-state index in [1.165, 1.54) is 25.7 Å². The third kappa shape index (κ3) is 5.26. The molecule has 0 radical (unpaired) electrons. The maximum absolute atomic E-state index is 12.4. The van der Waals surface area contributed by atoms with Gasteiger partial charge < -0.3 is 16.0 Å². The largest absolute Gasteiger partial charge is 0.341 e. The second-order valence-corrected chi connectivity index (χ2v) is 6.91. The first kappa shape index (κ1) is 16.8. The Morgan fingerprint density at radius 3 is 2.48 bits per heavy atom. The van der Waals surface area contributed by atoms with Gasteiger partial charge in [-0.2, -0.15) is 0 Å². The van der Waals surface area contributed by atoms with E-state index >= 15 is 0 Å². The first-order chi connectivity index (χ1) is 10.2. The van der Waals surface area contributed by atoms with Crippen LogP contribution in [-0.4, -0.2) is 43.0 Å². The van der Waals surface area contributed by atoms with Gasteiger partial charge in [0.2, 0.25) is 5.91 Å². The molecule has 1 atom stereocenters. The van der Waals surface area contributed by atoms with Crippen LogP contribution in [0, 0.1) is 11.8 Å². The van der Waals surface area contributed by atoms with Gasteiger partial charge in [-0.1, -0.05) is 26.2 Å². The predicted octanol–water partition coefficient (Wildman–Crippen LogP) is 2.13. The Morgan fingerprint density at radius 1 is 1.19 bits per heavy atom. The van der Waals surface area contributed by atoms with Gasteiger partial charge in [-0.05, 0) is 57.0 Å². The average molecular weight is 295 g/mol. The molecule has 2 saturated heterocycles. The number of hydrogen-bond donors (Lipinski definition) is 2. The highest BCUT2D eigenvalue weighted by molar-refractivity contribution is 5.81. The van der Waals surface area contributed by atoms with Gasteiger partial charge in [0, 0.05) is 13.1 Å². The number of hydrogen-bond acceptors (Lipinski definition) is 3. The van der Waals surface area contributed by atoms with E-state index in [0.29, 0.717) is 0 Å². The summed E-state index contributed by atoms with van der Waals surface area (Å²) in [6, 6.07) is -0.273. The van der Waals surface area contributed by atoms with Gasteiger partial charge in [0.05, 0.1) is 6.04 Å². The summed E-state index contributed by atoms with van der Waals surface area (Å²) in [5.41, 5.74) is 6.13. The normalized spacial score (nSPS) is 23.2. The Bertz CT molecular complexity index is 307. The molecule has 2 heterocycles. The fourth-order valence-corrected chi connectivity index (χ4v) is 3.72. The van der Waals surface area contributed by atoms with Crippen molar-refractivity contribution in [1.29, 1.82) is 0 Å². The van der Waals surface area contributed by atoms with Gasteiger partial charge in [0.25, 0.3) is 0 Å². The van der Waals surface area contributed by atoms with Crippen LogP contribution in [0.15, 0.2) is 0 Å². The molecule has 4 nitrogen and oxygen atoms in total. The third-order valence-corrected chi connectivity index (χ3v) is 5.41. The lowest BCUT2D eigenvalue weighted by Crippen LogP contribution is -2.47. The molecule has 3 N–H and O–H groups in total. The molecule has 0 spiro atoms. The zero-order chi connectivity index (χ0) is 15.1. The van der Waals surface area contributed by atoms with E-state index in [1.807, 2.05) is 4.90 Å². The van der Waals surface area contributed by atoms with Crippen molar-refractivity contribution >= 4 is 5.91 Å². The van der Waals surface area contributed by atoms with E-state index in [0.717, 1.165) is 63.7 Å². The first-order valence-corrected chi connectivity index (χ1v) is 8.95. The van der Waals surface area contributed by atoms with Crippen LogP contribution >= 0.6 is 0 Å². The highest BCUT2D eigenvalue weighted by Gasteiger charge is 2.25. The van der Waals surface area contributed by atoms with Crippen LogP contribution in [0.2, 0.25) is 0 Å². The molecule has 122 valence electrons. The molecule has 0 saturated carbocycles. The highest BCUT2D eigenvalue weighted by Crippen LogP contribution is 2.22. The van der Waals surface area contributed by atoms with Crippen molar-refractivity contribution in [3.63, 3.8) is 0 Å². The van der Waals surface area contributed by atoms with Crippen LogP contribution in [0.3, 0.4) is 0 Å². The van der Waals surface area contributed by atoms with Crippen LogP contribution in [-0.2, 0) is 4.79 Å². The van der Waals surface area contributed by atoms with E-state index in [4.69, 9.17) is 5.73 Å². The molecule has 0 unspecified atom stereocenters. The lowest BCUT2D eigenvalue weighted by atomic mass is 9.91.